The number of benzene rings is 1. The van der Waals surface area contributed by atoms with E-state index >= 15 is 0 Å². The highest BCUT2D eigenvalue weighted by Crippen LogP contribution is 2.27. The molecule has 0 saturated heterocycles. The van der Waals surface area contributed by atoms with E-state index in [0.29, 0.717) is 11.3 Å². The molecule has 2 nitrogen and oxygen atoms in total. The molecule has 0 aliphatic rings. The number of aryl methyl sites for hydroxylation is 1. The zero-order chi connectivity index (χ0) is 12.3. The predicted molar refractivity (Wildman–Crippen MR) is 55.5 cm³/mol. The molecule has 0 aliphatic heterocycles. The Balaban J connectivity index is 2.93. The summed E-state index contributed by atoms with van der Waals surface area (Å²) in [4.78, 5) is 0. The van der Waals surface area contributed by atoms with Crippen LogP contribution in [0.1, 0.15) is 11.1 Å². The second-order valence-electron chi connectivity index (χ2n) is 3.62. The lowest BCUT2D eigenvalue weighted by Crippen LogP contribution is -2.39. The van der Waals surface area contributed by atoms with E-state index in [-0.39, 0.29) is 6.42 Å². The lowest BCUT2D eigenvalue weighted by Gasteiger charge is -2.17. The van der Waals surface area contributed by atoms with Gasteiger partial charge in [0.2, 0.25) is 0 Å². The summed E-state index contributed by atoms with van der Waals surface area (Å²) < 4.78 is 42.0. The van der Waals surface area contributed by atoms with Crippen LogP contribution in [0.3, 0.4) is 0 Å². The Labute approximate surface area is 92.2 Å². The van der Waals surface area contributed by atoms with Gasteiger partial charge in [0.1, 0.15) is 11.8 Å². The van der Waals surface area contributed by atoms with E-state index in [9.17, 15) is 13.2 Å². The van der Waals surface area contributed by atoms with Gasteiger partial charge in [0.15, 0.2) is 0 Å². The number of methoxy groups -OCH3 is 1. The minimum Gasteiger partial charge on any atom is -0.496 e. The second kappa shape index (κ2) is 4.74. The van der Waals surface area contributed by atoms with Crippen molar-refractivity contribution < 1.29 is 17.9 Å². The number of rotatable bonds is 3. The molecule has 1 unspecified atom stereocenters. The first-order valence-electron chi connectivity index (χ1n) is 4.81. The summed E-state index contributed by atoms with van der Waals surface area (Å²) in [6, 6.07) is 3.21. The SMILES string of the molecule is COc1c(C)cccc1CC(N)C(F)(F)F. The highest BCUT2D eigenvalue weighted by Gasteiger charge is 2.37. The predicted octanol–water partition coefficient (Wildman–Crippen LogP) is 2.44. The van der Waals surface area contributed by atoms with Gasteiger partial charge >= 0.3 is 6.18 Å². The van der Waals surface area contributed by atoms with Crippen LogP contribution in [0.15, 0.2) is 18.2 Å². The molecule has 1 aromatic rings. The molecule has 0 bridgehead atoms. The van der Waals surface area contributed by atoms with E-state index in [1.54, 1.807) is 25.1 Å². The van der Waals surface area contributed by atoms with Gasteiger partial charge in [-0.1, -0.05) is 18.2 Å². The summed E-state index contributed by atoms with van der Waals surface area (Å²) in [6.07, 6.45) is -4.65. The van der Waals surface area contributed by atoms with E-state index < -0.39 is 12.2 Å². The molecule has 0 fully saturated rings. The van der Waals surface area contributed by atoms with Gasteiger partial charge in [-0.3, -0.25) is 0 Å². The second-order valence-corrected chi connectivity index (χ2v) is 3.62. The average Bonchev–Trinajstić information content (AvgIpc) is 2.16. The molecule has 2 N–H and O–H groups in total. The number of ether oxygens (including phenoxy) is 1. The lowest BCUT2D eigenvalue weighted by molar-refractivity contribution is -0.147. The molecule has 1 rings (SSSR count). The van der Waals surface area contributed by atoms with Crippen LogP contribution < -0.4 is 10.5 Å². The molecular formula is C11H14F3NO. The molecule has 1 aromatic carbocycles. The van der Waals surface area contributed by atoms with Crippen molar-refractivity contribution in [3.8, 4) is 5.75 Å². The lowest BCUT2D eigenvalue weighted by atomic mass is 10.0. The quantitative estimate of drug-likeness (QED) is 0.870. The summed E-state index contributed by atoms with van der Waals surface area (Å²) in [5, 5.41) is 0. The van der Waals surface area contributed by atoms with Crippen LogP contribution in [0.4, 0.5) is 13.2 Å². The number of halogens is 3. The van der Waals surface area contributed by atoms with Crippen molar-refractivity contribution in [2.75, 3.05) is 7.11 Å². The standard InChI is InChI=1S/C11H14F3NO/c1-7-4-3-5-8(10(7)16-2)6-9(15)11(12,13)14/h3-5,9H,6,15H2,1-2H3. The minimum absolute atomic E-state index is 0.269. The van der Waals surface area contributed by atoms with Crippen LogP contribution in [0, 0.1) is 6.92 Å². The Morgan fingerprint density at radius 3 is 2.50 bits per heavy atom. The fourth-order valence-electron chi connectivity index (χ4n) is 1.52. The highest BCUT2D eigenvalue weighted by atomic mass is 19.4. The molecule has 0 heterocycles. The summed E-state index contributed by atoms with van der Waals surface area (Å²) in [7, 11) is 1.44. The van der Waals surface area contributed by atoms with Crippen LogP contribution in [0.5, 0.6) is 5.75 Å². The van der Waals surface area contributed by atoms with Gasteiger partial charge in [-0.25, -0.2) is 0 Å². The third-order valence-electron chi connectivity index (χ3n) is 2.36. The Hall–Kier alpha value is -1.23. The fraction of sp³-hybridized carbons (Fsp3) is 0.455. The smallest absolute Gasteiger partial charge is 0.403 e. The molecule has 0 aliphatic carbocycles. The third kappa shape index (κ3) is 2.88. The van der Waals surface area contributed by atoms with Crippen LogP contribution in [-0.2, 0) is 6.42 Å². The molecule has 90 valence electrons. The molecule has 0 radical (unpaired) electrons. The molecule has 0 amide bonds. The van der Waals surface area contributed by atoms with E-state index in [2.05, 4.69) is 0 Å². The van der Waals surface area contributed by atoms with Crippen molar-refractivity contribution in [3.05, 3.63) is 29.3 Å². The summed E-state index contributed by atoms with van der Waals surface area (Å²) in [6.45, 7) is 1.78. The molecule has 5 heteroatoms. The first kappa shape index (κ1) is 12.8. The van der Waals surface area contributed by atoms with Gasteiger partial charge < -0.3 is 10.5 Å². The summed E-state index contributed by atoms with van der Waals surface area (Å²) in [5.41, 5.74) is 6.36. The molecule has 0 spiro atoms. The Bertz CT molecular complexity index is 363. The average molecular weight is 233 g/mol. The monoisotopic (exact) mass is 233 g/mol. The minimum atomic E-state index is -4.38. The molecule has 0 saturated carbocycles. The Morgan fingerprint density at radius 1 is 1.38 bits per heavy atom. The zero-order valence-electron chi connectivity index (χ0n) is 9.14. The molecular weight excluding hydrogens is 219 g/mol. The van der Waals surface area contributed by atoms with Crippen LogP contribution in [0.25, 0.3) is 0 Å². The normalized spacial score (nSPS) is 13.6. The van der Waals surface area contributed by atoms with Crippen LogP contribution >= 0.6 is 0 Å². The van der Waals surface area contributed by atoms with E-state index in [1.165, 1.54) is 7.11 Å². The number of para-hydroxylation sites is 1. The number of alkyl halides is 3. The first-order chi connectivity index (χ1) is 7.36. The van der Waals surface area contributed by atoms with Crippen molar-refractivity contribution in [3.63, 3.8) is 0 Å². The maximum absolute atomic E-state index is 12.3. The topological polar surface area (TPSA) is 35.2 Å². The number of hydrogen-bond donors (Lipinski definition) is 1. The van der Waals surface area contributed by atoms with Crippen molar-refractivity contribution in [1.29, 1.82) is 0 Å². The fourth-order valence-corrected chi connectivity index (χ4v) is 1.52. The first-order valence-corrected chi connectivity index (χ1v) is 4.81. The molecule has 1 atom stereocenters. The van der Waals surface area contributed by atoms with Crippen molar-refractivity contribution >= 4 is 0 Å². The largest absolute Gasteiger partial charge is 0.496 e. The van der Waals surface area contributed by atoms with Gasteiger partial charge in [0, 0.05) is 0 Å². The van der Waals surface area contributed by atoms with E-state index in [4.69, 9.17) is 10.5 Å². The number of nitrogens with two attached hydrogens (primary N) is 1. The Kier molecular flexibility index (Phi) is 3.80. The Morgan fingerprint density at radius 2 is 2.00 bits per heavy atom. The summed E-state index contributed by atoms with van der Waals surface area (Å²) in [5.74, 6) is 0.474. The van der Waals surface area contributed by atoms with E-state index in [1.807, 2.05) is 0 Å². The molecule has 0 aromatic heterocycles. The van der Waals surface area contributed by atoms with Gasteiger partial charge in [-0.05, 0) is 24.5 Å². The van der Waals surface area contributed by atoms with E-state index in [0.717, 1.165) is 5.56 Å². The molecule has 16 heavy (non-hydrogen) atoms. The van der Waals surface area contributed by atoms with Gasteiger partial charge in [0.05, 0.1) is 7.11 Å². The van der Waals surface area contributed by atoms with Crippen molar-refractivity contribution in [2.45, 2.75) is 25.6 Å². The van der Waals surface area contributed by atoms with Crippen LogP contribution in [0.2, 0.25) is 0 Å². The zero-order valence-corrected chi connectivity index (χ0v) is 9.14. The van der Waals surface area contributed by atoms with Crippen LogP contribution in [-0.4, -0.2) is 19.3 Å². The van der Waals surface area contributed by atoms with Crippen molar-refractivity contribution in [1.82, 2.24) is 0 Å². The van der Waals surface area contributed by atoms with Gasteiger partial charge in [-0.2, -0.15) is 13.2 Å². The van der Waals surface area contributed by atoms with Crippen molar-refractivity contribution in [2.24, 2.45) is 5.73 Å². The highest BCUT2D eigenvalue weighted by molar-refractivity contribution is 5.41. The number of hydrogen-bond acceptors (Lipinski definition) is 2. The summed E-state index contributed by atoms with van der Waals surface area (Å²) >= 11 is 0. The third-order valence-corrected chi connectivity index (χ3v) is 2.36. The maximum Gasteiger partial charge on any atom is 0.403 e. The maximum atomic E-state index is 12.3. The van der Waals surface area contributed by atoms with Gasteiger partial charge in [0.25, 0.3) is 0 Å². The van der Waals surface area contributed by atoms with Gasteiger partial charge in [-0.15, -0.1) is 0 Å².